The van der Waals surface area contributed by atoms with Crippen molar-refractivity contribution >= 4 is 0 Å². The Kier molecular flexibility index (Phi) is 27.3. The van der Waals surface area contributed by atoms with Gasteiger partial charge in [0.1, 0.15) is 0 Å². The molecule has 0 saturated heterocycles. The van der Waals surface area contributed by atoms with Gasteiger partial charge in [-0.15, -0.1) is 0 Å². The topological polar surface area (TPSA) is 0 Å². The first-order chi connectivity index (χ1) is 8.88. The summed E-state index contributed by atoms with van der Waals surface area (Å²) in [4.78, 5) is 0. The highest BCUT2D eigenvalue weighted by atomic mass is 14.2. The normalized spacial score (nSPS) is 13.7. The summed E-state index contributed by atoms with van der Waals surface area (Å²) < 4.78 is 0. The lowest BCUT2D eigenvalue weighted by Gasteiger charge is -2.19. The monoisotopic (exact) mass is 254 g/mol. The van der Waals surface area contributed by atoms with Crippen molar-refractivity contribution in [3.63, 3.8) is 0 Å². The molecule has 0 aliphatic heterocycles. The van der Waals surface area contributed by atoms with E-state index in [0.717, 1.165) is 5.92 Å². The Hall–Kier alpha value is -0.520. The Labute approximate surface area is 118 Å². The van der Waals surface area contributed by atoms with Gasteiger partial charge in [-0.2, -0.15) is 0 Å². The molecule has 1 atom stereocenters. The summed E-state index contributed by atoms with van der Waals surface area (Å²) in [5, 5.41) is 0. The van der Waals surface area contributed by atoms with Crippen molar-refractivity contribution in [3.05, 3.63) is 23.8 Å². The number of allylic oxidation sites excluding steroid dienone is 4. The van der Waals surface area contributed by atoms with Crippen LogP contribution >= 0.6 is 0 Å². The fourth-order valence-corrected chi connectivity index (χ4v) is 1.96. The molecular weight excluding hydrogens is 216 g/mol. The van der Waals surface area contributed by atoms with Crippen molar-refractivity contribution < 1.29 is 0 Å². The molecule has 0 radical (unpaired) electrons. The minimum absolute atomic E-state index is 0.861. The van der Waals surface area contributed by atoms with Gasteiger partial charge >= 0.3 is 0 Å². The van der Waals surface area contributed by atoms with Crippen molar-refractivity contribution in [2.75, 3.05) is 0 Å². The molecule has 0 aromatic rings. The van der Waals surface area contributed by atoms with Crippen molar-refractivity contribution in [2.24, 2.45) is 5.92 Å². The summed E-state index contributed by atoms with van der Waals surface area (Å²) >= 11 is 0. The second-order valence-electron chi connectivity index (χ2n) is 3.60. The zero-order valence-corrected chi connectivity index (χ0v) is 14.3. The molecular formula is C18H38. The molecule has 1 aliphatic rings. The molecule has 1 rings (SSSR count). The fraction of sp³-hybridized carbons (Fsp3) is 0.778. The minimum atomic E-state index is 0.861. The van der Waals surface area contributed by atoms with Crippen molar-refractivity contribution in [2.45, 2.75) is 87.5 Å². The first kappa shape index (κ1) is 22.6. The third-order valence-corrected chi connectivity index (χ3v) is 2.70. The summed E-state index contributed by atoms with van der Waals surface area (Å²) in [5.41, 5.74) is 1.68. The van der Waals surface area contributed by atoms with E-state index in [2.05, 4.69) is 32.1 Å². The van der Waals surface area contributed by atoms with Crippen LogP contribution in [0.15, 0.2) is 23.8 Å². The Bertz CT molecular complexity index is 174. The maximum Gasteiger partial charge on any atom is -0.0203 e. The quantitative estimate of drug-likeness (QED) is 0.499. The van der Waals surface area contributed by atoms with E-state index in [1.54, 1.807) is 5.57 Å². The SMILES string of the molecule is CC.CC.CC.CCCC(CC)C1=CC=CCC1. The van der Waals surface area contributed by atoms with Crippen LogP contribution in [0.5, 0.6) is 0 Å². The maximum atomic E-state index is 2.33. The lowest BCUT2D eigenvalue weighted by molar-refractivity contribution is 0.516. The van der Waals surface area contributed by atoms with Crippen LogP contribution in [-0.2, 0) is 0 Å². The molecule has 0 bridgehead atoms. The Morgan fingerprint density at radius 2 is 1.56 bits per heavy atom. The maximum absolute atomic E-state index is 2.33. The van der Waals surface area contributed by atoms with Crippen molar-refractivity contribution in [1.29, 1.82) is 0 Å². The van der Waals surface area contributed by atoms with E-state index in [9.17, 15) is 0 Å². The Balaban J connectivity index is -0.000000328. The molecule has 110 valence electrons. The predicted octanol–water partition coefficient (Wildman–Crippen LogP) is 7.17. The summed E-state index contributed by atoms with van der Waals surface area (Å²) in [7, 11) is 0. The molecule has 0 N–H and O–H groups in total. The van der Waals surface area contributed by atoms with E-state index in [4.69, 9.17) is 0 Å². The molecule has 18 heavy (non-hydrogen) atoms. The Morgan fingerprint density at radius 3 is 1.89 bits per heavy atom. The molecule has 0 heteroatoms. The van der Waals surface area contributed by atoms with Crippen molar-refractivity contribution in [3.8, 4) is 0 Å². The standard InChI is InChI=1S/C12H20.3C2H6/c1-3-8-11(4-2)12-9-6-5-7-10-12;3*1-2/h5-6,9,11H,3-4,7-8,10H2,1-2H3;3*1-2H3. The Morgan fingerprint density at radius 1 is 1.00 bits per heavy atom. The van der Waals surface area contributed by atoms with Crippen LogP contribution < -0.4 is 0 Å². The lowest BCUT2D eigenvalue weighted by atomic mass is 9.87. The molecule has 0 aromatic heterocycles. The molecule has 0 aromatic carbocycles. The predicted molar refractivity (Wildman–Crippen MR) is 89.2 cm³/mol. The van der Waals surface area contributed by atoms with E-state index in [0.29, 0.717) is 0 Å². The second kappa shape index (κ2) is 21.7. The molecule has 0 fully saturated rings. The van der Waals surface area contributed by atoms with Gasteiger partial charge in [0.2, 0.25) is 0 Å². The van der Waals surface area contributed by atoms with E-state index < -0.39 is 0 Å². The average molecular weight is 255 g/mol. The van der Waals surface area contributed by atoms with Crippen LogP contribution in [0.4, 0.5) is 0 Å². The van der Waals surface area contributed by atoms with Crippen LogP contribution in [0, 0.1) is 5.92 Å². The van der Waals surface area contributed by atoms with Crippen LogP contribution in [0.25, 0.3) is 0 Å². The van der Waals surface area contributed by atoms with E-state index in [-0.39, 0.29) is 0 Å². The smallest absolute Gasteiger partial charge is 0.0203 e. The lowest BCUT2D eigenvalue weighted by Crippen LogP contribution is -2.04. The minimum Gasteiger partial charge on any atom is -0.0842 e. The highest BCUT2D eigenvalue weighted by Crippen LogP contribution is 2.26. The van der Waals surface area contributed by atoms with E-state index in [1.807, 2.05) is 41.5 Å². The van der Waals surface area contributed by atoms with E-state index >= 15 is 0 Å². The largest absolute Gasteiger partial charge is 0.0842 e. The van der Waals surface area contributed by atoms with Gasteiger partial charge in [0.25, 0.3) is 0 Å². The van der Waals surface area contributed by atoms with Gasteiger partial charge in [-0.3, -0.25) is 0 Å². The summed E-state index contributed by atoms with van der Waals surface area (Å²) in [5.74, 6) is 0.861. The van der Waals surface area contributed by atoms with Crippen LogP contribution in [0.1, 0.15) is 87.5 Å². The zero-order valence-electron chi connectivity index (χ0n) is 14.3. The third-order valence-electron chi connectivity index (χ3n) is 2.70. The molecule has 0 saturated carbocycles. The van der Waals surface area contributed by atoms with Crippen LogP contribution in [-0.4, -0.2) is 0 Å². The summed E-state index contributed by atoms with van der Waals surface area (Å²) in [6.45, 7) is 16.6. The van der Waals surface area contributed by atoms with Crippen LogP contribution in [0.3, 0.4) is 0 Å². The third kappa shape index (κ3) is 12.0. The zero-order chi connectivity index (χ0) is 14.8. The molecule has 0 spiro atoms. The summed E-state index contributed by atoms with van der Waals surface area (Å²) in [6, 6.07) is 0. The van der Waals surface area contributed by atoms with Gasteiger partial charge in [0.05, 0.1) is 0 Å². The second-order valence-corrected chi connectivity index (χ2v) is 3.60. The van der Waals surface area contributed by atoms with Gasteiger partial charge < -0.3 is 0 Å². The fourth-order valence-electron chi connectivity index (χ4n) is 1.96. The van der Waals surface area contributed by atoms with Gasteiger partial charge in [-0.05, 0) is 31.6 Å². The number of hydrogen-bond donors (Lipinski definition) is 0. The molecule has 0 amide bonds. The molecule has 1 unspecified atom stereocenters. The highest BCUT2D eigenvalue weighted by molar-refractivity contribution is 5.19. The van der Waals surface area contributed by atoms with Crippen molar-refractivity contribution in [1.82, 2.24) is 0 Å². The number of rotatable bonds is 4. The molecule has 0 heterocycles. The average Bonchev–Trinajstić information content (AvgIpc) is 2.52. The number of hydrogen-bond acceptors (Lipinski definition) is 0. The van der Waals surface area contributed by atoms with Gasteiger partial charge in [0.15, 0.2) is 0 Å². The molecule has 1 aliphatic carbocycles. The van der Waals surface area contributed by atoms with Gasteiger partial charge in [-0.25, -0.2) is 0 Å². The molecule has 0 nitrogen and oxygen atoms in total. The highest BCUT2D eigenvalue weighted by Gasteiger charge is 2.11. The van der Waals surface area contributed by atoms with Gasteiger partial charge in [0, 0.05) is 0 Å². The first-order valence-electron chi connectivity index (χ1n) is 8.24. The van der Waals surface area contributed by atoms with Crippen LogP contribution in [0.2, 0.25) is 0 Å². The first-order valence-corrected chi connectivity index (χ1v) is 8.24. The van der Waals surface area contributed by atoms with Gasteiger partial charge in [-0.1, -0.05) is 85.6 Å². The summed E-state index contributed by atoms with van der Waals surface area (Å²) in [6.07, 6.45) is 13.4. The van der Waals surface area contributed by atoms with E-state index in [1.165, 1.54) is 32.1 Å².